The molecule has 0 unspecified atom stereocenters. The standard InChI is InChI=1S/C14H24ClN3O/c1-5-12(6-2)18(9-8-15)13-10-14(19-7-3)17-11(4)16-13/h10,12H,5-9H2,1-4H3. The van der Waals surface area contributed by atoms with Crippen LogP contribution >= 0.6 is 11.6 Å². The number of aromatic nitrogens is 2. The second kappa shape index (κ2) is 8.20. The maximum Gasteiger partial charge on any atom is 0.218 e. The Bertz CT molecular complexity index is 383. The van der Waals surface area contributed by atoms with E-state index in [2.05, 4.69) is 28.7 Å². The maximum atomic E-state index is 5.93. The highest BCUT2D eigenvalue weighted by atomic mass is 35.5. The zero-order valence-corrected chi connectivity index (χ0v) is 13.1. The van der Waals surface area contributed by atoms with Gasteiger partial charge in [0, 0.05) is 24.5 Å². The summed E-state index contributed by atoms with van der Waals surface area (Å²) in [5.74, 6) is 2.86. The van der Waals surface area contributed by atoms with Crippen molar-refractivity contribution in [2.75, 3.05) is 23.9 Å². The molecule has 4 nitrogen and oxygen atoms in total. The highest BCUT2D eigenvalue weighted by Gasteiger charge is 2.18. The Balaban J connectivity index is 3.06. The van der Waals surface area contributed by atoms with Crippen molar-refractivity contribution in [3.8, 4) is 5.88 Å². The summed E-state index contributed by atoms with van der Waals surface area (Å²) in [7, 11) is 0. The minimum absolute atomic E-state index is 0.447. The Morgan fingerprint density at radius 1 is 1.26 bits per heavy atom. The molecule has 19 heavy (non-hydrogen) atoms. The van der Waals surface area contributed by atoms with Gasteiger partial charge in [0.15, 0.2) is 0 Å². The fourth-order valence-corrected chi connectivity index (χ4v) is 2.38. The van der Waals surface area contributed by atoms with E-state index in [0.29, 0.717) is 24.4 Å². The lowest BCUT2D eigenvalue weighted by molar-refractivity contribution is 0.325. The Kier molecular flexibility index (Phi) is 6.92. The number of nitrogens with zero attached hydrogens (tertiary/aromatic N) is 3. The van der Waals surface area contributed by atoms with Crippen molar-refractivity contribution in [3.05, 3.63) is 11.9 Å². The molecule has 0 amide bonds. The van der Waals surface area contributed by atoms with E-state index in [0.717, 1.165) is 31.0 Å². The summed E-state index contributed by atoms with van der Waals surface area (Å²) < 4.78 is 5.49. The lowest BCUT2D eigenvalue weighted by Gasteiger charge is -2.31. The fourth-order valence-electron chi connectivity index (χ4n) is 2.20. The number of hydrogen-bond acceptors (Lipinski definition) is 4. The molecule has 1 aromatic heterocycles. The number of alkyl halides is 1. The van der Waals surface area contributed by atoms with Gasteiger partial charge in [-0.1, -0.05) is 13.8 Å². The summed E-state index contributed by atoms with van der Waals surface area (Å²) in [6.45, 7) is 9.61. The van der Waals surface area contributed by atoms with Gasteiger partial charge in [-0.25, -0.2) is 4.98 Å². The summed E-state index contributed by atoms with van der Waals surface area (Å²) >= 11 is 5.93. The molecule has 108 valence electrons. The summed E-state index contributed by atoms with van der Waals surface area (Å²) in [5.41, 5.74) is 0. The van der Waals surface area contributed by atoms with Crippen LogP contribution < -0.4 is 9.64 Å². The second-order valence-electron chi connectivity index (χ2n) is 4.40. The number of anilines is 1. The van der Waals surface area contributed by atoms with Crippen LogP contribution in [0, 0.1) is 6.92 Å². The summed E-state index contributed by atoms with van der Waals surface area (Å²) in [5, 5.41) is 0. The quantitative estimate of drug-likeness (QED) is 0.686. The summed E-state index contributed by atoms with van der Waals surface area (Å²) in [4.78, 5) is 11.1. The Hall–Kier alpha value is -1.03. The van der Waals surface area contributed by atoms with Gasteiger partial charge in [-0.15, -0.1) is 11.6 Å². The first-order valence-corrected chi connectivity index (χ1v) is 7.50. The zero-order chi connectivity index (χ0) is 14.3. The lowest BCUT2D eigenvalue weighted by atomic mass is 10.1. The zero-order valence-electron chi connectivity index (χ0n) is 12.3. The molecule has 0 aliphatic heterocycles. The molecule has 1 aromatic rings. The van der Waals surface area contributed by atoms with Gasteiger partial charge in [0.25, 0.3) is 0 Å². The first-order valence-electron chi connectivity index (χ1n) is 6.97. The molecule has 0 aliphatic rings. The molecule has 5 heteroatoms. The maximum absolute atomic E-state index is 5.93. The largest absolute Gasteiger partial charge is 0.478 e. The molecule has 0 atom stereocenters. The SMILES string of the molecule is CCOc1cc(N(CCCl)C(CC)CC)nc(C)n1. The number of ether oxygens (including phenoxy) is 1. The third-order valence-electron chi connectivity index (χ3n) is 3.10. The normalized spacial score (nSPS) is 10.8. The van der Waals surface area contributed by atoms with Gasteiger partial charge in [0.1, 0.15) is 11.6 Å². The molecule has 0 aromatic carbocycles. The minimum atomic E-state index is 0.447. The number of hydrogen-bond donors (Lipinski definition) is 0. The van der Waals surface area contributed by atoms with E-state index < -0.39 is 0 Å². The first-order chi connectivity index (χ1) is 9.15. The predicted molar refractivity (Wildman–Crippen MR) is 80.4 cm³/mol. The van der Waals surface area contributed by atoms with Crippen LogP contribution in [0.15, 0.2) is 6.07 Å². The Labute approximate surface area is 121 Å². The van der Waals surface area contributed by atoms with Crippen molar-refractivity contribution in [1.82, 2.24) is 9.97 Å². The molecule has 0 radical (unpaired) electrons. The average molecular weight is 286 g/mol. The summed E-state index contributed by atoms with van der Waals surface area (Å²) in [6.07, 6.45) is 2.14. The highest BCUT2D eigenvalue weighted by molar-refractivity contribution is 6.18. The molecule has 1 rings (SSSR count). The molecule has 0 spiro atoms. The van der Waals surface area contributed by atoms with Gasteiger partial charge < -0.3 is 9.64 Å². The van der Waals surface area contributed by atoms with Gasteiger partial charge in [-0.05, 0) is 26.7 Å². The molecule has 0 saturated heterocycles. The van der Waals surface area contributed by atoms with Crippen molar-refractivity contribution in [1.29, 1.82) is 0 Å². The van der Waals surface area contributed by atoms with Crippen LogP contribution in [0.25, 0.3) is 0 Å². The van der Waals surface area contributed by atoms with Crippen molar-refractivity contribution >= 4 is 17.4 Å². The van der Waals surface area contributed by atoms with Gasteiger partial charge in [0.2, 0.25) is 5.88 Å². The Morgan fingerprint density at radius 3 is 2.47 bits per heavy atom. The van der Waals surface area contributed by atoms with Crippen LogP contribution in [0.4, 0.5) is 5.82 Å². The number of halogens is 1. The predicted octanol–water partition coefficient (Wildman–Crippen LogP) is 3.42. The average Bonchev–Trinajstić information content (AvgIpc) is 2.38. The minimum Gasteiger partial charge on any atom is -0.478 e. The van der Waals surface area contributed by atoms with Gasteiger partial charge in [-0.2, -0.15) is 4.98 Å². The van der Waals surface area contributed by atoms with Crippen LogP contribution in [-0.2, 0) is 0 Å². The summed E-state index contributed by atoms with van der Waals surface area (Å²) in [6, 6.07) is 2.35. The molecular formula is C14H24ClN3O. The molecule has 1 heterocycles. The van der Waals surface area contributed by atoms with Gasteiger partial charge >= 0.3 is 0 Å². The van der Waals surface area contributed by atoms with Crippen molar-refractivity contribution in [2.24, 2.45) is 0 Å². The Morgan fingerprint density at radius 2 is 1.95 bits per heavy atom. The van der Waals surface area contributed by atoms with E-state index in [9.17, 15) is 0 Å². The molecule has 0 N–H and O–H groups in total. The van der Waals surface area contributed by atoms with Gasteiger partial charge in [-0.3, -0.25) is 0 Å². The number of rotatable bonds is 8. The first kappa shape index (κ1) is 16.0. The van der Waals surface area contributed by atoms with Crippen LogP contribution in [0.5, 0.6) is 5.88 Å². The number of aryl methyl sites for hydroxylation is 1. The molecular weight excluding hydrogens is 262 g/mol. The third-order valence-corrected chi connectivity index (χ3v) is 3.27. The molecule has 0 fully saturated rings. The van der Waals surface area contributed by atoms with Crippen LogP contribution in [0.3, 0.4) is 0 Å². The van der Waals surface area contributed by atoms with E-state index >= 15 is 0 Å². The van der Waals surface area contributed by atoms with Crippen LogP contribution in [-0.4, -0.2) is 35.0 Å². The van der Waals surface area contributed by atoms with E-state index in [-0.39, 0.29) is 0 Å². The van der Waals surface area contributed by atoms with E-state index in [4.69, 9.17) is 16.3 Å². The molecule has 0 bridgehead atoms. The van der Waals surface area contributed by atoms with Gasteiger partial charge in [0.05, 0.1) is 6.61 Å². The lowest BCUT2D eigenvalue weighted by Crippen LogP contribution is -2.37. The van der Waals surface area contributed by atoms with Crippen molar-refractivity contribution < 1.29 is 4.74 Å². The second-order valence-corrected chi connectivity index (χ2v) is 4.78. The van der Waals surface area contributed by atoms with Crippen molar-refractivity contribution in [3.63, 3.8) is 0 Å². The topological polar surface area (TPSA) is 38.2 Å². The van der Waals surface area contributed by atoms with Crippen LogP contribution in [0.2, 0.25) is 0 Å². The fraction of sp³-hybridized carbons (Fsp3) is 0.714. The monoisotopic (exact) mass is 285 g/mol. The smallest absolute Gasteiger partial charge is 0.218 e. The van der Waals surface area contributed by atoms with Crippen molar-refractivity contribution in [2.45, 2.75) is 46.6 Å². The van der Waals surface area contributed by atoms with Crippen LogP contribution in [0.1, 0.15) is 39.4 Å². The van der Waals surface area contributed by atoms with E-state index in [1.807, 2.05) is 19.9 Å². The highest BCUT2D eigenvalue weighted by Crippen LogP contribution is 2.22. The molecule has 0 saturated carbocycles. The molecule has 0 aliphatic carbocycles. The van der Waals surface area contributed by atoms with E-state index in [1.165, 1.54) is 0 Å². The van der Waals surface area contributed by atoms with E-state index in [1.54, 1.807) is 0 Å². The third kappa shape index (κ3) is 4.53.